The van der Waals surface area contributed by atoms with Gasteiger partial charge >= 0.3 is 0 Å². The molecule has 1 atom stereocenters. The number of primary amides is 1. The Morgan fingerprint density at radius 2 is 2.17 bits per heavy atom. The number of aliphatic hydroxyl groups is 1. The number of aliphatic hydroxyl groups excluding tert-OH is 1. The van der Waals surface area contributed by atoms with E-state index in [-0.39, 0.29) is 24.1 Å². The summed E-state index contributed by atoms with van der Waals surface area (Å²) in [6.45, 7) is -0.0649. The van der Waals surface area contributed by atoms with Crippen molar-refractivity contribution in [3.8, 4) is 5.75 Å². The number of aromatic nitrogens is 3. The monoisotopic (exact) mass is 328 g/mol. The van der Waals surface area contributed by atoms with Crippen molar-refractivity contribution < 1.29 is 15.0 Å². The topological polar surface area (TPSA) is 106 Å². The number of benzene rings is 1. The van der Waals surface area contributed by atoms with Gasteiger partial charge in [-0.25, -0.2) is 4.98 Å². The average molecular weight is 328 g/mol. The van der Waals surface area contributed by atoms with Crippen LogP contribution in [0.3, 0.4) is 0 Å². The summed E-state index contributed by atoms with van der Waals surface area (Å²) in [5.74, 6) is -0.357. The Bertz CT molecular complexity index is 881. The Morgan fingerprint density at radius 1 is 1.38 bits per heavy atom. The number of aromatic hydroxyl groups is 1. The Kier molecular flexibility index (Phi) is 4.26. The average Bonchev–Trinajstić information content (AvgIpc) is 3.14. The fraction of sp³-hybridized carbons (Fsp3) is 0.294. The zero-order chi connectivity index (χ0) is 17.3. The Morgan fingerprint density at radius 3 is 2.83 bits per heavy atom. The maximum absolute atomic E-state index is 11.1. The van der Waals surface area contributed by atoms with E-state index in [2.05, 4.69) is 4.98 Å². The van der Waals surface area contributed by atoms with Gasteiger partial charge in [-0.05, 0) is 36.6 Å². The minimum absolute atomic E-state index is 0.0649. The number of nitrogens with two attached hydrogens (primary N) is 1. The zero-order valence-corrected chi connectivity index (χ0v) is 13.4. The second-order valence-electron chi connectivity index (χ2n) is 5.91. The molecule has 3 rings (SSSR count). The van der Waals surface area contributed by atoms with E-state index >= 15 is 0 Å². The molecule has 0 saturated heterocycles. The molecule has 0 fully saturated rings. The number of phenols is 1. The van der Waals surface area contributed by atoms with Gasteiger partial charge in [0.05, 0.1) is 19.0 Å². The SMILES string of the molecule is Cn1cc(CC[C@H](CO)n2cnc(C(N)=O)c2)c2cc(O)ccc21. The highest BCUT2D eigenvalue weighted by atomic mass is 16.3. The van der Waals surface area contributed by atoms with Crippen molar-refractivity contribution in [3.63, 3.8) is 0 Å². The van der Waals surface area contributed by atoms with Crippen molar-refractivity contribution in [2.45, 2.75) is 18.9 Å². The maximum atomic E-state index is 11.1. The van der Waals surface area contributed by atoms with E-state index in [1.54, 1.807) is 22.9 Å². The predicted octanol–water partition coefficient (Wildman–Crippen LogP) is 1.35. The molecule has 24 heavy (non-hydrogen) atoms. The van der Waals surface area contributed by atoms with Gasteiger partial charge in [-0.1, -0.05) is 0 Å². The van der Waals surface area contributed by atoms with Gasteiger partial charge in [0.25, 0.3) is 5.91 Å². The van der Waals surface area contributed by atoms with Gasteiger partial charge in [0.2, 0.25) is 0 Å². The van der Waals surface area contributed by atoms with E-state index in [0.717, 1.165) is 22.9 Å². The number of fused-ring (bicyclic) bond motifs is 1. The first-order valence-electron chi connectivity index (χ1n) is 7.70. The Hall–Kier alpha value is -2.80. The Labute approximate surface area is 139 Å². The quantitative estimate of drug-likeness (QED) is 0.635. The third-order valence-electron chi connectivity index (χ3n) is 4.29. The van der Waals surface area contributed by atoms with Crippen LogP contribution in [0.25, 0.3) is 10.9 Å². The van der Waals surface area contributed by atoms with Crippen LogP contribution in [0.1, 0.15) is 28.5 Å². The number of amides is 1. The van der Waals surface area contributed by atoms with Gasteiger partial charge in [-0.2, -0.15) is 0 Å². The van der Waals surface area contributed by atoms with Crippen LogP contribution >= 0.6 is 0 Å². The van der Waals surface area contributed by atoms with Crippen LogP contribution in [0, 0.1) is 0 Å². The van der Waals surface area contributed by atoms with Gasteiger partial charge in [0, 0.05) is 30.3 Å². The van der Waals surface area contributed by atoms with Crippen LogP contribution in [-0.2, 0) is 13.5 Å². The first-order chi connectivity index (χ1) is 11.5. The molecule has 2 aromatic heterocycles. The van der Waals surface area contributed by atoms with Crippen LogP contribution < -0.4 is 5.73 Å². The van der Waals surface area contributed by atoms with Crippen LogP contribution in [-0.4, -0.2) is 36.8 Å². The molecule has 0 radical (unpaired) electrons. The third kappa shape index (κ3) is 2.98. The summed E-state index contributed by atoms with van der Waals surface area (Å²) in [5, 5.41) is 20.4. The molecular formula is C17H20N4O3. The van der Waals surface area contributed by atoms with E-state index in [1.807, 2.05) is 23.9 Å². The summed E-state index contributed by atoms with van der Waals surface area (Å²) in [4.78, 5) is 15.1. The summed E-state index contributed by atoms with van der Waals surface area (Å²) in [6.07, 6.45) is 6.48. The lowest BCUT2D eigenvalue weighted by Crippen LogP contribution is -2.14. The van der Waals surface area contributed by atoms with Crippen molar-refractivity contribution in [2.24, 2.45) is 12.8 Å². The summed E-state index contributed by atoms with van der Waals surface area (Å²) < 4.78 is 3.73. The standard InChI is InChI=1S/C17H20N4O3/c1-20-7-11(14-6-13(23)4-5-16(14)20)2-3-12(9-22)21-8-15(17(18)24)19-10-21/h4-8,10,12,22-23H,2-3,9H2,1H3,(H2,18,24)/t12-/m1/s1. The van der Waals surface area contributed by atoms with Gasteiger partial charge < -0.3 is 25.1 Å². The molecule has 1 aromatic carbocycles. The zero-order valence-electron chi connectivity index (χ0n) is 13.4. The Balaban J connectivity index is 1.80. The highest BCUT2D eigenvalue weighted by Crippen LogP contribution is 2.27. The smallest absolute Gasteiger partial charge is 0.268 e. The molecule has 0 spiro atoms. The lowest BCUT2D eigenvalue weighted by atomic mass is 10.0. The lowest BCUT2D eigenvalue weighted by molar-refractivity contribution is 0.0995. The summed E-state index contributed by atoms with van der Waals surface area (Å²) in [7, 11) is 1.96. The maximum Gasteiger partial charge on any atom is 0.268 e. The highest BCUT2D eigenvalue weighted by molar-refractivity contribution is 5.90. The number of phenolic OH excluding ortho intramolecular Hbond substituents is 1. The van der Waals surface area contributed by atoms with Crippen molar-refractivity contribution in [1.82, 2.24) is 14.1 Å². The van der Waals surface area contributed by atoms with Crippen molar-refractivity contribution >= 4 is 16.8 Å². The fourth-order valence-electron chi connectivity index (χ4n) is 2.98. The number of hydrogen-bond donors (Lipinski definition) is 3. The summed E-state index contributed by atoms with van der Waals surface area (Å²) in [6, 6.07) is 5.10. The second kappa shape index (κ2) is 6.37. The van der Waals surface area contributed by atoms with Gasteiger partial charge in [-0.15, -0.1) is 0 Å². The molecule has 1 amide bonds. The van der Waals surface area contributed by atoms with Crippen LogP contribution in [0.15, 0.2) is 36.9 Å². The molecule has 7 heteroatoms. The molecule has 0 aliphatic heterocycles. The van der Waals surface area contributed by atoms with E-state index in [1.165, 1.54) is 6.33 Å². The van der Waals surface area contributed by atoms with Gasteiger partial charge in [0.15, 0.2) is 0 Å². The van der Waals surface area contributed by atoms with Crippen molar-refractivity contribution in [3.05, 3.63) is 48.2 Å². The second-order valence-corrected chi connectivity index (χ2v) is 5.91. The summed E-state index contributed by atoms with van der Waals surface area (Å²) >= 11 is 0. The van der Waals surface area contributed by atoms with Crippen LogP contribution in [0.4, 0.5) is 0 Å². The molecule has 0 bridgehead atoms. The molecule has 126 valence electrons. The predicted molar refractivity (Wildman–Crippen MR) is 89.8 cm³/mol. The van der Waals surface area contributed by atoms with E-state index in [4.69, 9.17) is 5.73 Å². The normalized spacial score (nSPS) is 12.6. The van der Waals surface area contributed by atoms with Crippen molar-refractivity contribution in [1.29, 1.82) is 0 Å². The minimum Gasteiger partial charge on any atom is -0.508 e. The molecule has 0 aliphatic rings. The van der Waals surface area contributed by atoms with Crippen LogP contribution in [0.2, 0.25) is 0 Å². The molecule has 2 heterocycles. The van der Waals surface area contributed by atoms with Gasteiger partial charge in [0.1, 0.15) is 11.4 Å². The number of aryl methyl sites for hydroxylation is 2. The van der Waals surface area contributed by atoms with E-state index in [0.29, 0.717) is 6.42 Å². The molecule has 3 aromatic rings. The number of imidazole rings is 1. The molecule has 0 aliphatic carbocycles. The number of carbonyl (C=O) groups excluding carboxylic acids is 1. The number of carbonyl (C=O) groups is 1. The molecule has 0 unspecified atom stereocenters. The number of hydrogen-bond acceptors (Lipinski definition) is 4. The molecule has 0 saturated carbocycles. The largest absolute Gasteiger partial charge is 0.508 e. The fourth-order valence-corrected chi connectivity index (χ4v) is 2.98. The van der Waals surface area contributed by atoms with E-state index in [9.17, 15) is 15.0 Å². The lowest BCUT2D eigenvalue weighted by Gasteiger charge is -2.15. The van der Waals surface area contributed by atoms with Gasteiger partial charge in [-0.3, -0.25) is 4.79 Å². The summed E-state index contributed by atoms with van der Waals surface area (Å²) in [5.41, 5.74) is 7.53. The molecule has 4 N–H and O–H groups in total. The molecular weight excluding hydrogens is 308 g/mol. The number of nitrogens with zero attached hydrogens (tertiary/aromatic N) is 3. The van der Waals surface area contributed by atoms with Crippen molar-refractivity contribution in [2.75, 3.05) is 6.61 Å². The molecule has 7 nitrogen and oxygen atoms in total. The number of rotatable bonds is 6. The minimum atomic E-state index is -0.588. The highest BCUT2D eigenvalue weighted by Gasteiger charge is 2.15. The van der Waals surface area contributed by atoms with E-state index < -0.39 is 5.91 Å². The first kappa shape index (κ1) is 16.1. The third-order valence-corrected chi connectivity index (χ3v) is 4.29. The first-order valence-corrected chi connectivity index (χ1v) is 7.70. The van der Waals surface area contributed by atoms with Crippen LogP contribution in [0.5, 0.6) is 5.75 Å².